The predicted octanol–water partition coefficient (Wildman–Crippen LogP) is 1.28. The van der Waals surface area contributed by atoms with Gasteiger partial charge in [0, 0.05) is 25.6 Å². The number of carbonyl (C=O) groups is 2. The number of nitrogens with one attached hydrogen (secondary N) is 2. The van der Waals surface area contributed by atoms with Gasteiger partial charge in [0.05, 0.1) is 13.0 Å². The van der Waals surface area contributed by atoms with Gasteiger partial charge in [0.15, 0.2) is 0 Å². The quantitative estimate of drug-likeness (QED) is 0.793. The number of ether oxygens (including phenoxy) is 2. The van der Waals surface area contributed by atoms with Gasteiger partial charge in [-0.2, -0.15) is 0 Å². The van der Waals surface area contributed by atoms with Crippen molar-refractivity contribution >= 4 is 11.8 Å². The van der Waals surface area contributed by atoms with Gasteiger partial charge in [-0.1, -0.05) is 13.0 Å². The maximum atomic E-state index is 12.2. The number of hydrogen-bond donors (Lipinski definition) is 2. The molecule has 0 bridgehead atoms. The lowest BCUT2D eigenvalue weighted by Crippen LogP contribution is -2.39. The second-order valence-corrected chi connectivity index (χ2v) is 5.58. The molecule has 0 fully saturated rings. The van der Waals surface area contributed by atoms with Gasteiger partial charge in [-0.05, 0) is 24.5 Å². The molecule has 0 aromatic heterocycles. The molecule has 1 atom stereocenters. The number of methoxy groups -OCH3 is 1. The average Bonchev–Trinajstić information content (AvgIpc) is 2.58. The summed E-state index contributed by atoms with van der Waals surface area (Å²) >= 11 is 0. The molecule has 6 heteroatoms. The SMILES string of the molecule is CCCNC(=O)CCNC(=O)C1COc2cc(OC)ccc2C1. The highest BCUT2D eigenvalue weighted by Crippen LogP contribution is 2.30. The van der Waals surface area contributed by atoms with E-state index >= 15 is 0 Å². The number of amides is 2. The standard InChI is InChI=1S/C17H24N2O4/c1-3-7-18-16(20)6-8-19-17(21)13-9-12-4-5-14(22-2)10-15(12)23-11-13/h4-5,10,13H,3,6-9,11H2,1-2H3,(H,18,20)(H,19,21). The molecule has 126 valence electrons. The first kappa shape index (κ1) is 17.1. The normalized spacial score (nSPS) is 16.0. The Kier molecular flexibility index (Phi) is 6.26. The molecule has 2 N–H and O–H groups in total. The molecule has 23 heavy (non-hydrogen) atoms. The molecule has 1 aliphatic heterocycles. The summed E-state index contributed by atoms with van der Waals surface area (Å²) in [6.07, 6.45) is 1.84. The molecule has 2 rings (SSSR count). The van der Waals surface area contributed by atoms with Gasteiger partial charge in [-0.3, -0.25) is 9.59 Å². The zero-order valence-corrected chi connectivity index (χ0v) is 13.7. The lowest BCUT2D eigenvalue weighted by Gasteiger charge is -2.25. The highest BCUT2D eigenvalue weighted by molar-refractivity contribution is 5.81. The molecular formula is C17H24N2O4. The smallest absolute Gasteiger partial charge is 0.226 e. The Labute approximate surface area is 136 Å². The molecule has 0 saturated heterocycles. The summed E-state index contributed by atoms with van der Waals surface area (Å²) in [6, 6.07) is 5.62. The van der Waals surface area contributed by atoms with E-state index in [4.69, 9.17) is 9.47 Å². The summed E-state index contributed by atoms with van der Waals surface area (Å²) in [6.45, 7) is 3.36. The van der Waals surface area contributed by atoms with Crippen molar-refractivity contribution in [3.8, 4) is 11.5 Å². The van der Waals surface area contributed by atoms with E-state index in [1.165, 1.54) is 0 Å². The maximum absolute atomic E-state index is 12.2. The molecule has 0 spiro atoms. The Morgan fingerprint density at radius 1 is 1.30 bits per heavy atom. The molecule has 1 heterocycles. The summed E-state index contributed by atoms with van der Waals surface area (Å²) < 4.78 is 10.8. The van der Waals surface area contributed by atoms with Crippen LogP contribution in [0.15, 0.2) is 18.2 Å². The van der Waals surface area contributed by atoms with Crippen molar-refractivity contribution in [1.82, 2.24) is 10.6 Å². The molecule has 1 unspecified atom stereocenters. The van der Waals surface area contributed by atoms with Crippen LogP contribution >= 0.6 is 0 Å². The summed E-state index contributed by atoms with van der Waals surface area (Å²) in [5, 5.41) is 5.59. The number of fused-ring (bicyclic) bond motifs is 1. The topological polar surface area (TPSA) is 76.7 Å². The zero-order valence-electron chi connectivity index (χ0n) is 13.7. The molecule has 1 aromatic rings. The Bertz CT molecular complexity index is 560. The minimum absolute atomic E-state index is 0.0375. The van der Waals surface area contributed by atoms with Gasteiger partial charge in [0.1, 0.15) is 18.1 Å². The predicted molar refractivity (Wildman–Crippen MR) is 86.6 cm³/mol. The van der Waals surface area contributed by atoms with E-state index in [1.807, 2.05) is 25.1 Å². The average molecular weight is 320 g/mol. The third-order valence-electron chi connectivity index (χ3n) is 3.77. The lowest BCUT2D eigenvalue weighted by molar-refractivity contribution is -0.126. The van der Waals surface area contributed by atoms with Gasteiger partial charge >= 0.3 is 0 Å². The Morgan fingerprint density at radius 2 is 2.13 bits per heavy atom. The Balaban J connectivity index is 1.79. The van der Waals surface area contributed by atoms with Crippen molar-refractivity contribution in [2.24, 2.45) is 5.92 Å². The molecule has 0 radical (unpaired) electrons. The number of rotatable bonds is 7. The minimum atomic E-state index is -0.227. The van der Waals surface area contributed by atoms with E-state index in [0.717, 1.165) is 23.5 Å². The minimum Gasteiger partial charge on any atom is -0.497 e. The first-order valence-electron chi connectivity index (χ1n) is 7.98. The molecular weight excluding hydrogens is 296 g/mol. The number of benzene rings is 1. The highest BCUT2D eigenvalue weighted by Gasteiger charge is 2.26. The van der Waals surface area contributed by atoms with E-state index in [-0.39, 0.29) is 17.7 Å². The van der Waals surface area contributed by atoms with Crippen LogP contribution in [-0.4, -0.2) is 38.6 Å². The summed E-state index contributed by atoms with van der Waals surface area (Å²) in [5.41, 5.74) is 0.998. The van der Waals surface area contributed by atoms with Crippen LogP contribution < -0.4 is 20.1 Å². The van der Waals surface area contributed by atoms with Gasteiger partial charge in [0.2, 0.25) is 11.8 Å². The second-order valence-electron chi connectivity index (χ2n) is 5.58. The van der Waals surface area contributed by atoms with Crippen LogP contribution in [0.4, 0.5) is 0 Å². The van der Waals surface area contributed by atoms with Crippen molar-refractivity contribution in [3.63, 3.8) is 0 Å². The van der Waals surface area contributed by atoms with Crippen molar-refractivity contribution in [2.45, 2.75) is 26.2 Å². The monoisotopic (exact) mass is 320 g/mol. The molecule has 2 amide bonds. The molecule has 6 nitrogen and oxygen atoms in total. The van der Waals surface area contributed by atoms with E-state index in [0.29, 0.717) is 32.5 Å². The fraction of sp³-hybridized carbons (Fsp3) is 0.529. The van der Waals surface area contributed by atoms with Gasteiger partial charge in [0.25, 0.3) is 0 Å². The van der Waals surface area contributed by atoms with E-state index in [9.17, 15) is 9.59 Å². The molecule has 1 aromatic carbocycles. The number of hydrogen-bond acceptors (Lipinski definition) is 4. The summed E-state index contributed by atoms with van der Waals surface area (Å²) in [7, 11) is 1.61. The zero-order chi connectivity index (χ0) is 16.7. The second kappa shape index (κ2) is 8.41. The van der Waals surface area contributed by atoms with Crippen LogP contribution in [0, 0.1) is 5.92 Å². The van der Waals surface area contributed by atoms with E-state index < -0.39 is 0 Å². The largest absolute Gasteiger partial charge is 0.497 e. The number of carbonyl (C=O) groups excluding carboxylic acids is 2. The van der Waals surface area contributed by atoms with Gasteiger partial charge < -0.3 is 20.1 Å². The van der Waals surface area contributed by atoms with Crippen LogP contribution in [0.5, 0.6) is 11.5 Å². The fourth-order valence-electron chi connectivity index (χ4n) is 2.44. The summed E-state index contributed by atoms with van der Waals surface area (Å²) in [4.78, 5) is 23.7. The fourth-order valence-corrected chi connectivity index (χ4v) is 2.44. The van der Waals surface area contributed by atoms with Crippen molar-refractivity contribution in [3.05, 3.63) is 23.8 Å². The Morgan fingerprint density at radius 3 is 2.87 bits per heavy atom. The van der Waals surface area contributed by atoms with Crippen LogP contribution in [0.3, 0.4) is 0 Å². The van der Waals surface area contributed by atoms with E-state index in [1.54, 1.807) is 7.11 Å². The lowest BCUT2D eigenvalue weighted by atomic mass is 9.96. The van der Waals surface area contributed by atoms with Gasteiger partial charge in [-0.25, -0.2) is 0 Å². The first-order chi connectivity index (χ1) is 11.1. The Hall–Kier alpha value is -2.24. The van der Waals surface area contributed by atoms with Crippen LogP contribution in [0.25, 0.3) is 0 Å². The maximum Gasteiger partial charge on any atom is 0.226 e. The van der Waals surface area contributed by atoms with Crippen molar-refractivity contribution in [1.29, 1.82) is 0 Å². The van der Waals surface area contributed by atoms with Crippen LogP contribution in [0.1, 0.15) is 25.3 Å². The van der Waals surface area contributed by atoms with Crippen LogP contribution in [0.2, 0.25) is 0 Å². The summed E-state index contributed by atoms with van der Waals surface area (Å²) in [5.74, 6) is 1.17. The molecule has 0 saturated carbocycles. The van der Waals surface area contributed by atoms with Gasteiger partial charge in [-0.15, -0.1) is 0 Å². The van der Waals surface area contributed by atoms with Crippen LogP contribution in [-0.2, 0) is 16.0 Å². The third-order valence-corrected chi connectivity index (χ3v) is 3.77. The van der Waals surface area contributed by atoms with E-state index in [2.05, 4.69) is 10.6 Å². The highest BCUT2D eigenvalue weighted by atomic mass is 16.5. The van der Waals surface area contributed by atoms with Crippen molar-refractivity contribution in [2.75, 3.05) is 26.8 Å². The third kappa shape index (κ3) is 4.87. The molecule has 0 aliphatic carbocycles. The van der Waals surface area contributed by atoms with Crippen molar-refractivity contribution < 1.29 is 19.1 Å². The first-order valence-corrected chi connectivity index (χ1v) is 7.98. The molecule has 1 aliphatic rings.